The highest BCUT2D eigenvalue weighted by atomic mass is 16.6. The highest BCUT2D eigenvalue weighted by Gasteiger charge is 2.25. The SMILES string of the molecule is CC(C)C(CNC(=O)OC(C)(C)C)C(C#N)NCCO. The molecule has 0 aliphatic rings. The van der Waals surface area contributed by atoms with Crippen LogP contribution in [0.4, 0.5) is 4.79 Å². The quantitative estimate of drug-likeness (QED) is 0.654. The van der Waals surface area contributed by atoms with Gasteiger partial charge in [0.1, 0.15) is 11.6 Å². The standard InChI is InChI=1S/C14H27N3O3/c1-10(2)11(12(8-15)16-6-7-18)9-17-13(19)20-14(3,4)5/h10-12,16,18H,6-7,9H2,1-5H3,(H,17,19). The van der Waals surface area contributed by atoms with E-state index in [2.05, 4.69) is 16.7 Å². The number of aliphatic hydroxyl groups is 1. The van der Waals surface area contributed by atoms with Gasteiger partial charge in [0.05, 0.1) is 12.7 Å². The Labute approximate surface area is 121 Å². The van der Waals surface area contributed by atoms with E-state index < -0.39 is 17.7 Å². The Morgan fingerprint density at radius 3 is 2.40 bits per heavy atom. The second-order valence-electron chi connectivity index (χ2n) is 6.08. The molecular formula is C14H27N3O3. The lowest BCUT2D eigenvalue weighted by atomic mass is 9.89. The van der Waals surface area contributed by atoms with Crippen molar-refractivity contribution in [1.29, 1.82) is 5.26 Å². The summed E-state index contributed by atoms with van der Waals surface area (Å²) >= 11 is 0. The average molecular weight is 285 g/mol. The maximum Gasteiger partial charge on any atom is 0.407 e. The lowest BCUT2D eigenvalue weighted by Gasteiger charge is -2.27. The van der Waals surface area contributed by atoms with Crippen LogP contribution in [0.1, 0.15) is 34.6 Å². The third kappa shape index (κ3) is 7.97. The molecule has 0 spiro atoms. The normalized spacial score (nSPS) is 14.5. The molecule has 20 heavy (non-hydrogen) atoms. The van der Waals surface area contributed by atoms with Gasteiger partial charge in [0.2, 0.25) is 0 Å². The molecule has 0 rings (SSSR count). The minimum Gasteiger partial charge on any atom is -0.444 e. The van der Waals surface area contributed by atoms with Gasteiger partial charge in [-0.25, -0.2) is 4.79 Å². The van der Waals surface area contributed by atoms with Gasteiger partial charge in [-0.05, 0) is 26.7 Å². The summed E-state index contributed by atoms with van der Waals surface area (Å²) < 4.78 is 5.17. The van der Waals surface area contributed by atoms with Crippen molar-refractivity contribution in [3.63, 3.8) is 0 Å². The van der Waals surface area contributed by atoms with E-state index in [4.69, 9.17) is 9.84 Å². The van der Waals surface area contributed by atoms with Crippen molar-refractivity contribution < 1.29 is 14.6 Å². The summed E-state index contributed by atoms with van der Waals surface area (Å²) in [5, 5.41) is 23.7. The molecule has 0 radical (unpaired) electrons. The monoisotopic (exact) mass is 285 g/mol. The highest BCUT2D eigenvalue weighted by molar-refractivity contribution is 5.67. The van der Waals surface area contributed by atoms with Gasteiger partial charge in [-0.3, -0.25) is 5.32 Å². The molecular weight excluding hydrogens is 258 g/mol. The molecule has 3 N–H and O–H groups in total. The van der Waals surface area contributed by atoms with Crippen molar-refractivity contribution in [2.24, 2.45) is 11.8 Å². The molecule has 0 fully saturated rings. The number of nitrogens with one attached hydrogen (secondary N) is 2. The van der Waals surface area contributed by atoms with E-state index in [-0.39, 0.29) is 18.4 Å². The fraction of sp³-hybridized carbons (Fsp3) is 0.857. The highest BCUT2D eigenvalue weighted by Crippen LogP contribution is 2.15. The van der Waals surface area contributed by atoms with Crippen molar-refractivity contribution in [2.45, 2.75) is 46.3 Å². The second-order valence-corrected chi connectivity index (χ2v) is 6.08. The first-order valence-corrected chi connectivity index (χ1v) is 6.92. The van der Waals surface area contributed by atoms with Crippen molar-refractivity contribution in [3.05, 3.63) is 0 Å². The van der Waals surface area contributed by atoms with E-state index in [1.54, 1.807) is 20.8 Å². The molecule has 116 valence electrons. The zero-order valence-corrected chi connectivity index (χ0v) is 13.1. The second kappa shape index (κ2) is 8.77. The average Bonchev–Trinajstić information content (AvgIpc) is 2.30. The summed E-state index contributed by atoms with van der Waals surface area (Å²) in [7, 11) is 0. The van der Waals surface area contributed by atoms with Gasteiger partial charge in [-0.1, -0.05) is 13.8 Å². The fourth-order valence-electron chi connectivity index (χ4n) is 1.77. The summed E-state index contributed by atoms with van der Waals surface area (Å²) in [6, 6.07) is 1.76. The van der Waals surface area contributed by atoms with Crippen LogP contribution in [0.2, 0.25) is 0 Å². The van der Waals surface area contributed by atoms with Gasteiger partial charge in [-0.2, -0.15) is 5.26 Å². The number of amides is 1. The molecule has 2 atom stereocenters. The molecule has 1 amide bonds. The molecule has 0 heterocycles. The van der Waals surface area contributed by atoms with Crippen molar-refractivity contribution in [2.75, 3.05) is 19.7 Å². The molecule has 6 heteroatoms. The van der Waals surface area contributed by atoms with E-state index in [1.807, 2.05) is 13.8 Å². The third-order valence-corrected chi connectivity index (χ3v) is 2.78. The number of nitriles is 1. The van der Waals surface area contributed by atoms with Crippen LogP contribution in [0.15, 0.2) is 0 Å². The van der Waals surface area contributed by atoms with Crippen LogP contribution in [-0.2, 0) is 4.74 Å². The van der Waals surface area contributed by atoms with Gasteiger partial charge in [0, 0.05) is 19.0 Å². The van der Waals surface area contributed by atoms with Gasteiger partial charge in [0.15, 0.2) is 0 Å². The van der Waals surface area contributed by atoms with Crippen LogP contribution in [0.5, 0.6) is 0 Å². The Hall–Kier alpha value is -1.32. The van der Waals surface area contributed by atoms with Crippen LogP contribution in [-0.4, -0.2) is 42.5 Å². The van der Waals surface area contributed by atoms with E-state index in [0.29, 0.717) is 13.1 Å². The largest absolute Gasteiger partial charge is 0.444 e. The molecule has 0 aromatic heterocycles. The van der Waals surface area contributed by atoms with Gasteiger partial charge >= 0.3 is 6.09 Å². The summed E-state index contributed by atoms with van der Waals surface area (Å²) in [5.74, 6) is 0.153. The minimum absolute atomic E-state index is 0.0253. The summed E-state index contributed by atoms with van der Waals surface area (Å²) in [6.07, 6.45) is -0.484. The Morgan fingerprint density at radius 2 is 2.00 bits per heavy atom. The van der Waals surface area contributed by atoms with Crippen LogP contribution in [0.25, 0.3) is 0 Å². The lowest BCUT2D eigenvalue weighted by molar-refractivity contribution is 0.0512. The van der Waals surface area contributed by atoms with Crippen molar-refractivity contribution in [1.82, 2.24) is 10.6 Å². The first kappa shape index (κ1) is 18.7. The first-order valence-electron chi connectivity index (χ1n) is 6.92. The number of hydrogen-bond acceptors (Lipinski definition) is 5. The Balaban J connectivity index is 4.48. The van der Waals surface area contributed by atoms with Gasteiger partial charge < -0.3 is 15.2 Å². The number of hydrogen-bond donors (Lipinski definition) is 3. The maximum absolute atomic E-state index is 11.6. The number of carbonyl (C=O) groups excluding carboxylic acids is 1. The Bertz CT molecular complexity index is 332. The molecule has 0 aromatic carbocycles. The molecule has 0 saturated heterocycles. The molecule has 6 nitrogen and oxygen atoms in total. The fourth-order valence-corrected chi connectivity index (χ4v) is 1.77. The molecule has 0 aromatic rings. The number of nitrogens with zero attached hydrogens (tertiary/aromatic N) is 1. The Kier molecular flexibility index (Phi) is 8.19. The van der Waals surface area contributed by atoms with E-state index in [9.17, 15) is 10.1 Å². The Morgan fingerprint density at radius 1 is 1.40 bits per heavy atom. The van der Waals surface area contributed by atoms with Crippen LogP contribution >= 0.6 is 0 Å². The predicted molar refractivity (Wildman–Crippen MR) is 77.1 cm³/mol. The van der Waals surface area contributed by atoms with Crippen LogP contribution in [0.3, 0.4) is 0 Å². The minimum atomic E-state index is -0.540. The first-order chi connectivity index (χ1) is 9.21. The van der Waals surface area contributed by atoms with E-state index in [0.717, 1.165) is 0 Å². The summed E-state index contributed by atoms with van der Waals surface area (Å²) in [6.45, 7) is 10.1. The van der Waals surface area contributed by atoms with E-state index >= 15 is 0 Å². The van der Waals surface area contributed by atoms with Crippen LogP contribution in [0, 0.1) is 23.2 Å². The maximum atomic E-state index is 11.6. The number of rotatable bonds is 7. The lowest BCUT2D eigenvalue weighted by Crippen LogP contribution is -2.45. The summed E-state index contributed by atoms with van der Waals surface area (Å²) in [5.41, 5.74) is -0.540. The smallest absolute Gasteiger partial charge is 0.407 e. The molecule has 0 bridgehead atoms. The number of alkyl carbamates (subject to hydrolysis) is 1. The van der Waals surface area contributed by atoms with Gasteiger partial charge in [-0.15, -0.1) is 0 Å². The zero-order chi connectivity index (χ0) is 15.8. The zero-order valence-electron chi connectivity index (χ0n) is 13.1. The molecule has 0 aliphatic heterocycles. The van der Waals surface area contributed by atoms with Crippen LogP contribution < -0.4 is 10.6 Å². The number of ether oxygens (including phenoxy) is 1. The van der Waals surface area contributed by atoms with E-state index in [1.165, 1.54) is 0 Å². The number of aliphatic hydroxyl groups excluding tert-OH is 1. The van der Waals surface area contributed by atoms with Crippen molar-refractivity contribution >= 4 is 6.09 Å². The van der Waals surface area contributed by atoms with Crippen molar-refractivity contribution in [3.8, 4) is 6.07 Å². The van der Waals surface area contributed by atoms with Gasteiger partial charge in [0.25, 0.3) is 0 Å². The molecule has 2 unspecified atom stereocenters. The number of carbonyl (C=O) groups is 1. The predicted octanol–water partition coefficient (Wildman–Crippen LogP) is 1.26. The molecule has 0 aliphatic carbocycles. The topological polar surface area (TPSA) is 94.4 Å². The third-order valence-electron chi connectivity index (χ3n) is 2.78. The molecule has 0 saturated carbocycles. The summed E-state index contributed by atoms with van der Waals surface area (Å²) in [4.78, 5) is 11.6.